The summed E-state index contributed by atoms with van der Waals surface area (Å²) in [6.45, 7) is 0. The van der Waals surface area contributed by atoms with Gasteiger partial charge in [-0.25, -0.2) is 23.1 Å². The van der Waals surface area contributed by atoms with Gasteiger partial charge < -0.3 is 5.32 Å². The van der Waals surface area contributed by atoms with Crippen LogP contribution in [0.3, 0.4) is 0 Å². The van der Waals surface area contributed by atoms with E-state index in [1.54, 1.807) is 6.07 Å². The lowest BCUT2D eigenvalue weighted by Gasteiger charge is -2.08. The number of benzene rings is 1. The molecule has 1 aromatic heterocycles. The number of alkyl halides is 1. The topological polar surface area (TPSA) is 101 Å². The van der Waals surface area contributed by atoms with Crippen molar-refractivity contribution in [3.05, 3.63) is 42.7 Å². The second kappa shape index (κ2) is 7.19. The van der Waals surface area contributed by atoms with Crippen LogP contribution in [0, 0.1) is 0 Å². The van der Waals surface area contributed by atoms with E-state index in [1.165, 1.54) is 36.7 Å². The molecule has 0 saturated heterocycles. The number of carbonyl (C=O) groups is 1. The van der Waals surface area contributed by atoms with Crippen molar-refractivity contribution >= 4 is 39.2 Å². The molecule has 2 aromatic rings. The summed E-state index contributed by atoms with van der Waals surface area (Å²) < 4.78 is 26.5. The SMILES string of the molecule is O=C(CCCl)Nc1ccc(S(=O)(=O)Nc2ncccn2)cc1. The van der Waals surface area contributed by atoms with Gasteiger partial charge in [-0.1, -0.05) is 0 Å². The number of anilines is 2. The highest BCUT2D eigenvalue weighted by Gasteiger charge is 2.15. The first-order chi connectivity index (χ1) is 10.5. The lowest BCUT2D eigenvalue weighted by Crippen LogP contribution is -2.15. The molecule has 22 heavy (non-hydrogen) atoms. The maximum atomic E-state index is 12.1. The Balaban J connectivity index is 2.10. The summed E-state index contributed by atoms with van der Waals surface area (Å²) in [7, 11) is -3.78. The van der Waals surface area contributed by atoms with E-state index < -0.39 is 10.0 Å². The molecular weight excluding hydrogens is 328 g/mol. The molecule has 0 atom stereocenters. The minimum absolute atomic E-state index is 0.0120. The Kier molecular flexibility index (Phi) is 5.29. The summed E-state index contributed by atoms with van der Waals surface area (Å²) in [6.07, 6.45) is 3.05. The van der Waals surface area contributed by atoms with E-state index >= 15 is 0 Å². The molecule has 0 radical (unpaired) electrons. The van der Waals surface area contributed by atoms with Crippen LogP contribution in [0.25, 0.3) is 0 Å². The smallest absolute Gasteiger partial charge is 0.264 e. The first-order valence-electron chi connectivity index (χ1n) is 6.27. The van der Waals surface area contributed by atoms with Crippen LogP contribution in [0.1, 0.15) is 6.42 Å². The van der Waals surface area contributed by atoms with Crippen LogP contribution in [0.2, 0.25) is 0 Å². The maximum Gasteiger partial charge on any atom is 0.264 e. The quantitative estimate of drug-likeness (QED) is 0.781. The summed E-state index contributed by atoms with van der Waals surface area (Å²) in [6, 6.07) is 7.32. The zero-order valence-electron chi connectivity index (χ0n) is 11.4. The van der Waals surface area contributed by atoms with Crippen molar-refractivity contribution in [1.29, 1.82) is 0 Å². The Bertz CT molecular complexity index is 736. The monoisotopic (exact) mass is 340 g/mol. The third-order valence-electron chi connectivity index (χ3n) is 2.56. The summed E-state index contributed by atoms with van der Waals surface area (Å²) in [5.41, 5.74) is 0.491. The predicted molar refractivity (Wildman–Crippen MR) is 83.2 cm³/mol. The number of hydrogen-bond acceptors (Lipinski definition) is 5. The van der Waals surface area contributed by atoms with E-state index in [-0.39, 0.29) is 29.1 Å². The molecular formula is C13H13ClN4O3S. The van der Waals surface area contributed by atoms with Gasteiger partial charge in [0.25, 0.3) is 10.0 Å². The molecule has 0 unspecified atom stereocenters. The Morgan fingerprint density at radius 2 is 1.77 bits per heavy atom. The lowest BCUT2D eigenvalue weighted by atomic mass is 10.3. The van der Waals surface area contributed by atoms with Gasteiger partial charge in [0.15, 0.2) is 0 Å². The third kappa shape index (κ3) is 4.40. The molecule has 7 nitrogen and oxygen atoms in total. The number of sulfonamides is 1. The summed E-state index contributed by atoms with van der Waals surface area (Å²) in [5, 5.41) is 2.61. The van der Waals surface area contributed by atoms with E-state index in [0.717, 1.165) is 0 Å². The van der Waals surface area contributed by atoms with Gasteiger partial charge in [0.1, 0.15) is 0 Å². The van der Waals surface area contributed by atoms with Crippen molar-refractivity contribution in [3.8, 4) is 0 Å². The van der Waals surface area contributed by atoms with Crippen LogP contribution in [0.4, 0.5) is 11.6 Å². The van der Waals surface area contributed by atoms with Crippen LogP contribution in [-0.2, 0) is 14.8 Å². The lowest BCUT2D eigenvalue weighted by molar-refractivity contribution is -0.115. The molecule has 1 heterocycles. The first-order valence-corrected chi connectivity index (χ1v) is 8.29. The van der Waals surface area contributed by atoms with Crippen molar-refractivity contribution in [2.75, 3.05) is 15.9 Å². The fourth-order valence-corrected chi connectivity index (χ4v) is 2.69. The van der Waals surface area contributed by atoms with Gasteiger partial charge >= 0.3 is 0 Å². The van der Waals surface area contributed by atoms with Crippen molar-refractivity contribution in [2.24, 2.45) is 0 Å². The summed E-state index contributed by atoms with van der Waals surface area (Å²) >= 11 is 5.46. The minimum atomic E-state index is -3.78. The molecule has 1 aromatic carbocycles. The van der Waals surface area contributed by atoms with Gasteiger partial charge in [-0.3, -0.25) is 4.79 Å². The van der Waals surface area contributed by atoms with Gasteiger partial charge in [0.2, 0.25) is 11.9 Å². The highest BCUT2D eigenvalue weighted by molar-refractivity contribution is 7.92. The van der Waals surface area contributed by atoms with Crippen LogP contribution < -0.4 is 10.0 Å². The molecule has 1 amide bonds. The van der Waals surface area contributed by atoms with Gasteiger partial charge in [-0.2, -0.15) is 0 Å². The summed E-state index contributed by atoms with van der Waals surface area (Å²) in [5.74, 6) is -0.0253. The third-order valence-corrected chi connectivity index (χ3v) is 4.09. The van der Waals surface area contributed by atoms with E-state index in [0.29, 0.717) is 5.69 Å². The van der Waals surface area contributed by atoms with Crippen molar-refractivity contribution in [2.45, 2.75) is 11.3 Å². The molecule has 0 fully saturated rings. The molecule has 0 spiro atoms. The van der Waals surface area contributed by atoms with Gasteiger partial charge in [-0.15, -0.1) is 11.6 Å². The molecule has 0 aliphatic carbocycles. The van der Waals surface area contributed by atoms with Gasteiger partial charge in [0, 0.05) is 30.4 Å². The Morgan fingerprint density at radius 3 is 2.36 bits per heavy atom. The molecule has 9 heteroatoms. The fraction of sp³-hybridized carbons (Fsp3) is 0.154. The highest BCUT2D eigenvalue weighted by Crippen LogP contribution is 2.16. The van der Waals surface area contributed by atoms with Gasteiger partial charge in [-0.05, 0) is 30.3 Å². The Labute approximate surface area is 132 Å². The molecule has 0 aliphatic heterocycles. The first kappa shape index (κ1) is 16.2. The molecule has 0 bridgehead atoms. The number of nitrogens with one attached hydrogen (secondary N) is 2. The largest absolute Gasteiger partial charge is 0.326 e. The van der Waals surface area contributed by atoms with Crippen molar-refractivity contribution < 1.29 is 13.2 Å². The summed E-state index contributed by atoms with van der Waals surface area (Å²) in [4.78, 5) is 19.0. The van der Waals surface area contributed by atoms with Crippen LogP contribution in [0.5, 0.6) is 0 Å². The standard InChI is InChI=1S/C13H13ClN4O3S/c14-7-6-12(19)17-10-2-4-11(5-3-10)22(20,21)18-13-15-8-1-9-16-13/h1-5,8-9H,6-7H2,(H,17,19)(H,15,16,18). The molecule has 2 N–H and O–H groups in total. The van der Waals surface area contributed by atoms with E-state index in [9.17, 15) is 13.2 Å². The van der Waals surface area contributed by atoms with Crippen molar-refractivity contribution in [3.63, 3.8) is 0 Å². The Morgan fingerprint density at radius 1 is 1.14 bits per heavy atom. The number of aromatic nitrogens is 2. The molecule has 2 rings (SSSR count). The van der Waals surface area contributed by atoms with Crippen LogP contribution in [0.15, 0.2) is 47.6 Å². The second-order valence-corrected chi connectivity index (χ2v) is 6.25. The van der Waals surface area contributed by atoms with Crippen molar-refractivity contribution in [1.82, 2.24) is 9.97 Å². The average Bonchev–Trinajstić information content (AvgIpc) is 2.48. The zero-order valence-corrected chi connectivity index (χ0v) is 12.9. The fourth-order valence-electron chi connectivity index (χ4n) is 1.56. The van der Waals surface area contributed by atoms with Crippen LogP contribution in [-0.4, -0.2) is 30.2 Å². The minimum Gasteiger partial charge on any atom is -0.326 e. The van der Waals surface area contributed by atoms with E-state index in [4.69, 9.17) is 11.6 Å². The molecule has 116 valence electrons. The second-order valence-electron chi connectivity index (χ2n) is 4.19. The number of amides is 1. The number of halogens is 1. The van der Waals surface area contributed by atoms with Crippen LogP contribution >= 0.6 is 11.6 Å². The number of rotatable bonds is 6. The van der Waals surface area contributed by atoms with E-state index in [1.807, 2.05) is 0 Å². The normalized spacial score (nSPS) is 11.0. The maximum absolute atomic E-state index is 12.1. The average molecular weight is 341 g/mol. The number of nitrogens with zero attached hydrogens (tertiary/aromatic N) is 2. The number of hydrogen-bond donors (Lipinski definition) is 2. The number of carbonyl (C=O) groups excluding carboxylic acids is 1. The predicted octanol–water partition coefficient (Wildman–Crippen LogP) is 1.84. The zero-order chi connectivity index (χ0) is 16.0. The highest BCUT2D eigenvalue weighted by atomic mass is 35.5. The Hall–Kier alpha value is -2.19. The molecule has 0 aliphatic rings. The van der Waals surface area contributed by atoms with Gasteiger partial charge in [0.05, 0.1) is 4.90 Å². The van der Waals surface area contributed by atoms with E-state index in [2.05, 4.69) is 20.0 Å². The molecule has 0 saturated carbocycles.